The zero-order valence-corrected chi connectivity index (χ0v) is 14.5. The van der Waals surface area contributed by atoms with Crippen molar-refractivity contribution in [2.75, 3.05) is 26.9 Å². The van der Waals surface area contributed by atoms with E-state index in [4.69, 9.17) is 20.6 Å². The van der Waals surface area contributed by atoms with Gasteiger partial charge in [-0.3, -0.25) is 4.79 Å². The van der Waals surface area contributed by atoms with Crippen LogP contribution in [0.2, 0.25) is 0 Å². The lowest BCUT2D eigenvalue weighted by molar-refractivity contribution is -0.137. The molecule has 7 nitrogen and oxygen atoms in total. The summed E-state index contributed by atoms with van der Waals surface area (Å²) in [6, 6.07) is 2.96. The first-order chi connectivity index (χ1) is 12.3. The van der Waals surface area contributed by atoms with Crippen molar-refractivity contribution in [2.24, 2.45) is 5.73 Å². The molecule has 0 radical (unpaired) electrons. The number of carbonyl (C=O) groups is 2. The molecule has 1 aromatic carbocycles. The van der Waals surface area contributed by atoms with E-state index in [0.29, 0.717) is 19.6 Å². The molecule has 1 aromatic rings. The second-order valence-corrected chi connectivity index (χ2v) is 5.28. The summed E-state index contributed by atoms with van der Waals surface area (Å²) in [7, 11) is 1.54. The molecule has 0 aliphatic carbocycles. The summed E-state index contributed by atoms with van der Waals surface area (Å²) in [5.74, 6) is -4.28. The summed E-state index contributed by atoms with van der Waals surface area (Å²) in [5, 5.41) is 10.4. The van der Waals surface area contributed by atoms with Gasteiger partial charge in [-0.05, 0) is 25.5 Å². The van der Waals surface area contributed by atoms with Gasteiger partial charge in [-0.25, -0.2) is 13.6 Å². The Balaban J connectivity index is 2.79. The Labute approximate surface area is 149 Å². The number of Topliss-reactive ketones (excluding diaryl/α,β-unsaturated/α-hetero) is 1. The largest absolute Gasteiger partial charge is 0.454 e. The first-order valence-corrected chi connectivity index (χ1v) is 7.72. The van der Waals surface area contributed by atoms with Crippen molar-refractivity contribution in [3.8, 4) is 0 Å². The lowest BCUT2D eigenvalue weighted by Gasteiger charge is -2.12. The quantitative estimate of drug-likeness (QED) is 0.189. The van der Waals surface area contributed by atoms with Crippen LogP contribution in [-0.2, 0) is 14.3 Å². The van der Waals surface area contributed by atoms with Gasteiger partial charge < -0.3 is 25.9 Å². The number of benzene rings is 1. The van der Waals surface area contributed by atoms with E-state index in [1.807, 2.05) is 0 Å². The van der Waals surface area contributed by atoms with Crippen molar-refractivity contribution >= 4 is 17.5 Å². The van der Waals surface area contributed by atoms with Crippen LogP contribution >= 0.6 is 0 Å². The van der Waals surface area contributed by atoms with Crippen LogP contribution < -0.4 is 11.1 Å². The molecule has 0 aliphatic heterocycles. The highest BCUT2D eigenvalue weighted by Crippen LogP contribution is 2.13. The zero-order valence-electron chi connectivity index (χ0n) is 14.5. The van der Waals surface area contributed by atoms with Gasteiger partial charge in [-0.15, -0.1) is 0 Å². The number of ketones is 1. The van der Waals surface area contributed by atoms with Crippen LogP contribution in [0.5, 0.6) is 0 Å². The summed E-state index contributed by atoms with van der Waals surface area (Å²) in [4.78, 5) is 24.0. The van der Waals surface area contributed by atoms with Crippen LogP contribution in [0.25, 0.3) is 0 Å². The summed E-state index contributed by atoms with van der Waals surface area (Å²) in [5.41, 5.74) is 4.52. The Bertz CT molecular complexity index is 700. The number of methoxy groups -OCH3 is 1. The Morgan fingerprint density at radius 1 is 1.27 bits per heavy atom. The summed E-state index contributed by atoms with van der Waals surface area (Å²) >= 11 is 0. The van der Waals surface area contributed by atoms with E-state index >= 15 is 0 Å². The minimum atomic E-state index is -1.05. The number of halogens is 2. The molecule has 0 saturated carbocycles. The normalized spacial score (nSPS) is 11.5. The highest BCUT2D eigenvalue weighted by molar-refractivity contribution is 6.18. The predicted octanol–water partition coefficient (Wildman–Crippen LogP) is 1.53. The lowest BCUT2D eigenvalue weighted by Crippen LogP contribution is -2.30. The van der Waals surface area contributed by atoms with Gasteiger partial charge in [0, 0.05) is 26.0 Å². The number of hydrogen-bond donors (Lipinski definition) is 3. The molecule has 0 saturated heterocycles. The van der Waals surface area contributed by atoms with Gasteiger partial charge in [0.2, 0.25) is 5.78 Å². The Kier molecular flexibility index (Phi) is 8.36. The van der Waals surface area contributed by atoms with Crippen LogP contribution in [0, 0.1) is 17.0 Å². The van der Waals surface area contributed by atoms with Crippen molar-refractivity contribution in [1.82, 2.24) is 5.32 Å². The minimum absolute atomic E-state index is 0.0943. The van der Waals surface area contributed by atoms with Crippen molar-refractivity contribution in [1.29, 1.82) is 5.41 Å². The van der Waals surface area contributed by atoms with Gasteiger partial charge in [0.1, 0.15) is 23.0 Å². The molecule has 0 fully saturated rings. The smallest absolute Gasteiger partial charge is 0.344 e. The monoisotopic (exact) mass is 369 g/mol. The van der Waals surface area contributed by atoms with Gasteiger partial charge in [-0.2, -0.15) is 0 Å². The van der Waals surface area contributed by atoms with Crippen LogP contribution in [-0.4, -0.2) is 44.3 Å². The van der Waals surface area contributed by atoms with E-state index in [1.54, 1.807) is 7.11 Å². The molecule has 26 heavy (non-hydrogen) atoms. The molecule has 0 unspecified atom stereocenters. The number of rotatable bonds is 10. The van der Waals surface area contributed by atoms with Crippen molar-refractivity contribution < 1.29 is 27.8 Å². The number of ether oxygens (including phenoxy) is 2. The fraction of sp³-hybridized carbons (Fsp3) is 0.353. The number of nitrogens with two attached hydrogens (primary N) is 1. The third-order valence-electron chi connectivity index (χ3n) is 3.27. The first-order valence-electron chi connectivity index (χ1n) is 7.72. The Morgan fingerprint density at radius 2 is 1.88 bits per heavy atom. The molecule has 0 atom stereocenters. The maximum absolute atomic E-state index is 13.6. The molecule has 0 aromatic heterocycles. The van der Waals surface area contributed by atoms with Gasteiger partial charge in [0.05, 0.1) is 5.56 Å². The fourth-order valence-corrected chi connectivity index (χ4v) is 2.03. The number of carbonyl (C=O) groups excluding carboxylic acids is 2. The molecule has 4 N–H and O–H groups in total. The SMILES string of the molecule is COCCCN/C(N)=C(\C(C)=N)C(=O)OCC(=O)c1c(F)cccc1F. The fourth-order valence-electron chi connectivity index (χ4n) is 2.03. The Hall–Kier alpha value is -2.81. The first kappa shape index (κ1) is 21.2. The molecule has 142 valence electrons. The highest BCUT2D eigenvalue weighted by Gasteiger charge is 2.22. The van der Waals surface area contributed by atoms with E-state index < -0.39 is 35.6 Å². The maximum Gasteiger partial charge on any atom is 0.344 e. The molecule has 0 bridgehead atoms. The van der Waals surface area contributed by atoms with E-state index in [-0.39, 0.29) is 17.1 Å². The van der Waals surface area contributed by atoms with Crippen molar-refractivity contribution in [2.45, 2.75) is 13.3 Å². The minimum Gasteiger partial charge on any atom is -0.454 e. The maximum atomic E-state index is 13.6. The number of hydrogen-bond acceptors (Lipinski definition) is 7. The van der Waals surface area contributed by atoms with E-state index in [1.165, 1.54) is 6.92 Å². The molecule has 0 heterocycles. The molecule has 9 heteroatoms. The molecular weight excluding hydrogens is 348 g/mol. The average Bonchev–Trinajstić information content (AvgIpc) is 2.56. The number of esters is 1. The van der Waals surface area contributed by atoms with Crippen LogP contribution in [0.1, 0.15) is 23.7 Å². The molecule has 0 amide bonds. The summed E-state index contributed by atoms with van der Waals surface area (Å²) < 4.78 is 36.8. The van der Waals surface area contributed by atoms with Gasteiger partial charge >= 0.3 is 5.97 Å². The van der Waals surface area contributed by atoms with Gasteiger partial charge in [-0.1, -0.05) is 6.07 Å². The predicted molar refractivity (Wildman–Crippen MR) is 90.8 cm³/mol. The lowest BCUT2D eigenvalue weighted by atomic mass is 10.1. The third kappa shape index (κ3) is 5.92. The van der Waals surface area contributed by atoms with Crippen LogP contribution in [0.4, 0.5) is 8.78 Å². The highest BCUT2D eigenvalue weighted by atomic mass is 19.1. The standard InChI is InChI=1S/C17H21F2N3O4/c1-10(20)14(16(21)22-7-4-8-25-2)17(24)26-9-13(23)15-11(18)5-3-6-12(15)19/h3,5-6,20,22H,4,7-9,21H2,1-2H3/b16-14+,20-10?. The van der Waals surface area contributed by atoms with Crippen molar-refractivity contribution in [3.05, 3.63) is 46.8 Å². The van der Waals surface area contributed by atoms with E-state index in [9.17, 15) is 18.4 Å². The topological polar surface area (TPSA) is 114 Å². The average molecular weight is 369 g/mol. The summed E-state index contributed by atoms with van der Waals surface area (Å²) in [6.07, 6.45) is 0.613. The van der Waals surface area contributed by atoms with Crippen LogP contribution in [0.15, 0.2) is 29.6 Å². The van der Waals surface area contributed by atoms with Crippen LogP contribution in [0.3, 0.4) is 0 Å². The van der Waals surface area contributed by atoms with E-state index in [2.05, 4.69) is 5.32 Å². The van der Waals surface area contributed by atoms with Crippen molar-refractivity contribution in [3.63, 3.8) is 0 Å². The van der Waals surface area contributed by atoms with E-state index in [0.717, 1.165) is 18.2 Å². The zero-order chi connectivity index (χ0) is 19.7. The number of nitrogens with one attached hydrogen (secondary N) is 2. The molecule has 0 spiro atoms. The second-order valence-electron chi connectivity index (χ2n) is 5.28. The molecule has 1 rings (SSSR count). The molecule has 0 aliphatic rings. The van der Waals surface area contributed by atoms with Gasteiger partial charge in [0.25, 0.3) is 0 Å². The molecular formula is C17H21F2N3O4. The summed E-state index contributed by atoms with van der Waals surface area (Å²) in [6.45, 7) is 1.30. The Morgan fingerprint density at radius 3 is 2.42 bits per heavy atom. The third-order valence-corrected chi connectivity index (χ3v) is 3.27. The second kappa shape index (κ2) is 10.2. The van der Waals surface area contributed by atoms with Gasteiger partial charge in [0.15, 0.2) is 6.61 Å².